The molecule has 5 nitrogen and oxygen atoms in total. The normalized spacial score (nSPS) is 12.2. The largest absolute Gasteiger partial charge is 0.467 e. The molecule has 1 atom stereocenters. The maximum Gasteiger partial charge on any atom is 0.131 e. The fourth-order valence-electron chi connectivity index (χ4n) is 2.34. The smallest absolute Gasteiger partial charge is 0.131 e. The van der Waals surface area contributed by atoms with Crippen molar-refractivity contribution in [1.82, 2.24) is 4.98 Å². The number of pyridine rings is 1. The van der Waals surface area contributed by atoms with E-state index in [1.807, 2.05) is 12.1 Å². The zero-order chi connectivity index (χ0) is 17.1. The number of rotatable bonds is 6. The summed E-state index contributed by atoms with van der Waals surface area (Å²) < 4.78 is 7.23. The highest BCUT2D eigenvalue weighted by molar-refractivity contribution is 9.10. The van der Waals surface area contributed by atoms with E-state index in [1.54, 1.807) is 23.7 Å². The molecular weight excluding hydrogens is 412 g/mol. The van der Waals surface area contributed by atoms with Gasteiger partial charge in [-0.15, -0.1) is 11.3 Å². The van der Waals surface area contributed by atoms with E-state index in [4.69, 9.17) is 27.0 Å². The number of aromatic nitrogens is 1. The predicted molar refractivity (Wildman–Crippen MR) is 100 cm³/mol. The first-order valence-electron chi connectivity index (χ1n) is 7.24. The van der Waals surface area contributed by atoms with E-state index < -0.39 is 0 Å². The van der Waals surface area contributed by atoms with Crippen LogP contribution in [0.25, 0.3) is 10.2 Å². The van der Waals surface area contributed by atoms with Crippen LogP contribution < -0.4 is 11.1 Å². The van der Waals surface area contributed by atoms with Crippen LogP contribution in [0.4, 0.5) is 5.69 Å². The molecule has 124 valence electrons. The molecule has 0 aliphatic carbocycles. The van der Waals surface area contributed by atoms with Crippen LogP contribution in [-0.4, -0.2) is 11.0 Å². The van der Waals surface area contributed by atoms with Crippen LogP contribution in [0.2, 0.25) is 5.15 Å². The van der Waals surface area contributed by atoms with Crippen molar-refractivity contribution >= 4 is 54.8 Å². The molecule has 3 aromatic heterocycles. The van der Waals surface area contributed by atoms with E-state index in [1.165, 1.54) is 0 Å². The van der Waals surface area contributed by atoms with Crippen molar-refractivity contribution in [3.8, 4) is 6.07 Å². The van der Waals surface area contributed by atoms with Crippen LogP contribution in [-0.2, 0) is 13.0 Å². The SMILES string of the molecule is N#CC[C@H](N)Cc1sc2c(NCc3ccco3)cc(Cl)nc2c1Br. The summed E-state index contributed by atoms with van der Waals surface area (Å²) in [6.45, 7) is 0.557. The first-order chi connectivity index (χ1) is 11.6. The number of hydrogen-bond acceptors (Lipinski definition) is 6. The standard InChI is InChI=1S/C16H14BrClN4OS/c17-14-12(6-9(20)3-4-19)24-16-11(7-13(18)22-15(14)16)21-8-10-2-1-5-23-10/h1-2,5,7,9H,3,6,8,20H2,(H,21,22)/t9-/m0/s1. The summed E-state index contributed by atoms with van der Waals surface area (Å²) in [4.78, 5) is 5.47. The summed E-state index contributed by atoms with van der Waals surface area (Å²) in [7, 11) is 0. The highest BCUT2D eigenvalue weighted by atomic mass is 79.9. The number of furan rings is 1. The minimum Gasteiger partial charge on any atom is -0.467 e. The molecule has 3 heterocycles. The zero-order valence-electron chi connectivity index (χ0n) is 12.6. The molecule has 0 aromatic carbocycles. The predicted octanol–water partition coefficient (Wildman–Crippen LogP) is 4.70. The third-order valence-electron chi connectivity index (χ3n) is 3.45. The van der Waals surface area contributed by atoms with Gasteiger partial charge in [-0.25, -0.2) is 4.98 Å². The summed E-state index contributed by atoms with van der Waals surface area (Å²) in [5, 5.41) is 12.5. The quantitative estimate of drug-likeness (QED) is 0.559. The average Bonchev–Trinajstić information content (AvgIpc) is 3.15. The number of hydrogen-bond donors (Lipinski definition) is 2. The Morgan fingerprint density at radius 3 is 3.08 bits per heavy atom. The molecule has 0 amide bonds. The van der Waals surface area contributed by atoms with Gasteiger partial charge in [-0.1, -0.05) is 11.6 Å². The lowest BCUT2D eigenvalue weighted by molar-refractivity contribution is 0.518. The molecule has 24 heavy (non-hydrogen) atoms. The first-order valence-corrected chi connectivity index (χ1v) is 9.23. The molecule has 0 spiro atoms. The van der Waals surface area contributed by atoms with Gasteiger partial charge in [0, 0.05) is 17.0 Å². The molecule has 0 fully saturated rings. The van der Waals surface area contributed by atoms with E-state index in [2.05, 4.69) is 32.3 Å². The summed E-state index contributed by atoms with van der Waals surface area (Å²) in [6.07, 6.45) is 2.57. The van der Waals surface area contributed by atoms with Crippen molar-refractivity contribution in [2.24, 2.45) is 5.73 Å². The molecule has 0 aliphatic heterocycles. The van der Waals surface area contributed by atoms with Crippen LogP contribution in [0.15, 0.2) is 33.4 Å². The second kappa shape index (κ2) is 7.53. The summed E-state index contributed by atoms with van der Waals surface area (Å²) in [5.41, 5.74) is 7.68. The number of nitrogens with two attached hydrogens (primary N) is 1. The van der Waals surface area contributed by atoms with Crippen LogP contribution in [0, 0.1) is 11.3 Å². The van der Waals surface area contributed by atoms with E-state index in [9.17, 15) is 0 Å². The Morgan fingerprint density at radius 2 is 2.38 bits per heavy atom. The Kier molecular flexibility index (Phi) is 5.41. The van der Waals surface area contributed by atoms with Gasteiger partial charge in [-0.3, -0.25) is 0 Å². The molecule has 0 saturated heterocycles. The Hall–Kier alpha value is -1.59. The van der Waals surface area contributed by atoms with Gasteiger partial charge < -0.3 is 15.5 Å². The number of thiophene rings is 1. The van der Waals surface area contributed by atoms with Crippen LogP contribution >= 0.6 is 38.9 Å². The fourth-order valence-corrected chi connectivity index (χ4v) is 4.57. The number of nitrogens with zero attached hydrogens (tertiary/aromatic N) is 2. The molecule has 3 aromatic rings. The van der Waals surface area contributed by atoms with E-state index in [-0.39, 0.29) is 6.04 Å². The van der Waals surface area contributed by atoms with E-state index >= 15 is 0 Å². The molecule has 3 N–H and O–H groups in total. The van der Waals surface area contributed by atoms with Crippen molar-refractivity contribution in [3.63, 3.8) is 0 Å². The maximum atomic E-state index is 8.78. The lowest BCUT2D eigenvalue weighted by Crippen LogP contribution is -2.21. The Labute approximate surface area is 156 Å². The molecular formula is C16H14BrClN4OS. The third-order valence-corrected chi connectivity index (χ3v) is 6.00. The number of fused-ring (bicyclic) bond motifs is 1. The Bertz CT molecular complexity index is 888. The van der Waals surface area contributed by atoms with Crippen molar-refractivity contribution < 1.29 is 4.42 Å². The number of anilines is 1. The van der Waals surface area contributed by atoms with Crippen LogP contribution in [0.1, 0.15) is 17.1 Å². The summed E-state index contributed by atoms with van der Waals surface area (Å²) >= 11 is 11.4. The third kappa shape index (κ3) is 3.73. The Balaban J connectivity index is 1.92. The van der Waals surface area contributed by atoms with Gasteiger partial charge in [-0.05, 0) is 34.5 Å². The minimum absolute atomic E-state index is 0.200. The van der Waals surface area contributed by atoms with Crippen molar-refractivity contribution in [3.05, 3.63) is 44.7 Å². The molecule has 3 rings (SSSR count). The second-order valence-corrected chi connectivity index (χ2v) is 7.55. The Morgan fingerprint density at radius 1 is 1.54 bits per heavy atom. The highest BCUT2D eigenvalue weighted by Crippen LogP contribution is 2.40. The number of nitriles is 1. The fraction of sp³-hybridized carbons (Fsp3) is 0.250. The monoisotopic (exact) mass is 424 g/mol. The van der Waals surface area contributed by atoms with E-state index in [0.717, 1.165) is 31.0 Å². The minimum atomic E-state index is -0.200. The summed E-state index contributed by atoms with van der Waals surface area (Å²) in [6, 6.07) is 7.46. The van der Waals surface area contributed by atoms with Crippen LogP contribution in [0.5, 0.6) is 0 Å². The van der Waals surface area contributed by atoms with E-state index in [0.29, 0.717) is 24.5 Å². The van der Waals surface area contributed by atoms with Gasteiger partial charge in [0.05, 0.1) is 45.7 Å². The first kappa shape index (κ1) is 17.2. The lowest BCUT2D eigenvalue weighted by atomic mass is 10.1. The van der Waals surface area contributed by atoms with Crippen molar-refractivity contribution in [2.75, 3.05) is 5.32 Å². The van der Waals surface area contributed by atoms with Gasteiger partial charge in [0.2, 0.25) is 0 Å². The molecule has 8 heteroatoms. The molecule has 0 bridgehead atoms. The van der Waals surface area contributed by atoms with Gasteiger partial charge >= 0.3 is 0 Å². The topological polar surface area (TPSA) is 87.9 Å². The zero-order valence-corrected chi connectivity index (χ0v) is 15.7. The summed E-state index contributed by atoms with van der Waals surface area (Å²) in [5.74, 6) is 0.836. The lowest BCUT2D eigenvalue weighted by Gasteiger charge is -2.06. The highest BCUT2D eigenvalue weighted by Gasteiger charge is 2.17. The van der Waals surface area contributed by atoms with Crippen LogP contribution in [0.3, 0.4) is 0 Å². The maximum absolute atomic E-state index is 8.78. The second-order valence-electron chi connectivity index (χ2n) is 5.27. The molecule has 0 saturated carbocycles. The van der Waals surface area contributed by atoms with Gasteiger partial charge in [0.15, 0.2) is 0 Å². The van der Waals surface area contributed by atoms with Crippen molar-refractivity contribution in [2.45, 2.75) is 25.4 Å². The van der Waals surface area contributed by atoms with Crippen molar-refractivity contribution in [1.29, 1.82) is 5.26 Å². The molecule has 0 radical (unpaired) electrons. The number of nitrogens with one attached hydrogen (secondary N) is 1. The molecule has 0 unspecified atom stereocenters. The van der Waals surface area contributed by atoms with Gasteiger partial charge in [-0.2, -0.15) is 5.26 Å². The van der Waals surface area contributed by atoms with Gasteiger partial charge in [0.1, 0.15) is 10.9 Å². The average molecular weight is 426 g/mol. The number of halogens is 2. The molecule has 0 aliphatic rings. The van der Waals surface area contributed by atoms with Gasteiger partial charge in [0.25, 0.3) is 0 Å².